The molecule has 0 spiro atoms. The van der Waals surface area contributed by atoms with Crippen molar-refractivity contribution in [2.24, 2.45) is 0 Å². The van der Waals surface area contributed by atoms with Gasteiger partial charge in [-0.2, -0.15) is 0 Å². The zero-order chi connectivity index (χ0) is 23.3. The minimum atomic E-state index is -0.820. The Balaban J connectivity index is 2.12. The van der Waals surface area contributed by atoms with Crippen LogP contribution in [0.1, 0.15) is 37.4 Å². The summed E-state index contributed by atoms with van der Waals surface area (Å²) in [6.45, 7) is 4.61. The highest BCUT2D eigenvalue weighted by atomic mass is 16.5. The Hall–Kier alpha value is -3.32. The van der Waals surface area contributed by atoms with Gasteiger partial charge in [0, 0.05) is 24.3 Å². The summed E-state index contributed by atoms with van der Waals surface area (Å²) < 4.78 is 16.5. The normalized spacial score (nSPS) is 17.8. The number of likely N-dealkylation sites (tertiary alicyclic amines) is 1. The second kappa shape index (κ2) is 10.3. The molecular weight excluding hydrogens is 410 g/mol. The maximum Gasteiger partial charge on any atom is 0.295 e. The van der Waals surface area contributed by atoms with Gasteiger partial charge in [-0.1, -0.05) is 30.3 Å². The average Bonchev–Trinajstić information content (AvgIpc) is 3.06. The van der Waals surface area contributed by atoms with Crippen molar-refractivity contribution in [3.63, 3.8) is 0 Å². The lowest BCUT2D eigenvalue weighted by Crippen LogP contribution is -2.31. The number of carbonyl (C=O) groups excluding carboxylic acids is 2. The summed E-state index contributed by atoms with van der Waals surface area (Å²) in [4.78, 5) is 27.6. The Morgan fingerprint density at radius 2 is 1.78 bits per heavy atom. The first kappa shape index (κ1) is 23.3. The Morgan fingerprint density at radius 1 is 1.06 bits per heavy atom. The molecule has 2 aromatic carbocycles. The molecule has 2 aromatic rings. The highest BCUT2D eigenvalue weighted by Gasteiger charge is 2.47. The number of aliphatic hydroxyl groups is 1. The van der Waals surface area contributed by atoms with Crippen LogP contribution >= 0.6 is 0 Å². The first-order valence-corrected chi connectivity index (χ1v) is 10.6. The van der Waals surface area contributed by atoms with Crippen LogP contribution in [0.15, 0.2) is 54.1 Å². The Labute approximate surface area is 188 Å². The van der Waals surface area contributed by atoms with Crippen molar-refractivity contribution in [1.82, 2.24) is 4.90 Å². The maximum absolute atomic E-state index is 13.1. The molecule has 1 heterocycles. The molecule has 7 nitrogen and oxygen atoms in total. The average molecular weight is 440 g/mol. The molecule has 7 heteroatoms. The molecule has 1 saturated heterocycles. The summed E-state index contributed by atoms with van der Waals surface area (Å²) in [6.07, 6.45) is 0.608. The van der Waals surface area contributed by atoms with E-state index in [1.54, 1.807) is 42.5 Å². The Morgan fingerprint density at radius 3 is 2.41 bits per heavy atom. The fourth-order valence-electron chi connectivity index (χ4n) is 3.79. The van der Waals surface area contributed by atoms with Crippen LogP contribution in [0.25, 0.3) is 5.76 Å². The number of amides is 1. The van der Waals surface area contributed by atoms with Crippen LogP contribution in [0, 0.1) is 0 Å². The predicted molar refractivity (Wildman–Crippen MR) is 121 cm³/mol. The second-order valence-electron chi connectivity index (χ2n) is 7.74. The van der Waals surface area contributed by atoms with E-state index in [1.807, 2.05) is 19.9 Å². The number of ketones is 1. The molecule has 1 aliphatic heterocycles. The van der Waals surface area contributed by atoms with Crippen LogP contribution in [-0.2, 0) is 14.3 Å². The van der Waals surface area contributed by atoms with E-state index >= 15 is 0 Å². The zero-order valence-corrected chi connectivity index (χ0v) is 18.8. The van der Waals surface area contributed by atoms with Gasteiger partial charge < -0.3 is 24.2 Å². The summed E-state index contributed by atoms with van der Waals surface area (Å²) in [5, 5.41) is 11.1. The van der Waals surface area contributed by atoms with E-state index < -0.39 is 17.7 Å². The van der Waals surface area contributed by atoms with E-state index in [4.69, 9.17) is 14.2 Å². The molecule has 170 valence electrons. The lowest BCUT2D eigenvalue weighted by Gasteiger charge is -2.27. The summed E-state index contributed by atoms with van der Waals surface area (Å²) in [7, 11) is 3.06. The third kappa shape index (κ3) is 4.78. The molecule has 0 aliphatic carbocycles. The van der Waals surface area contributed by atoms with Crippen LogP contribution < -0.4 is 9.47 Å². The van der Waals surface area contributed by atoms with Crippen LogP contribution in [0.3, 0.4) is 0 Å². The fourth-order valence-corrected chi connectivity index (χ4v) is 3.79. The number of rotatable bonds is 9. The molecule has 1 fully saturated rings. The second-order valence-corrected chi connectivity index (χ2v) is 7.74. The van der Waals surface area contributed by atoms with E-state index in [-0.39, 0.29) is 24.0 Å². The van der Waals surface area contributed by atoms with Crippen molar-refractivity contribution >= 4 is 17.4 Å². The molecule has 1 amide bonds. The first-order valence-electron chi connectivity index (χ1n) is 10.6. The lowest BCUT2D eigenvalue weighted by molar-refractivity contribution is -0.140. The molecule has 1 N–H and O–H groups in total. The number of hydrogen-bond donors (Lipinski definition) is 1. The minimum absolute atomic E-state index is 0.0255. The van der Waals surface area contributed by atoms with Gasteiger partial charge in [0.25, 0.3) is 11.7 Å². The number of nitrogens with zero attached hydrogens (tertiary/aromatic N) is 1. The number of methoxy groups -OCH3 is 2. The predicted octanol–water partition coefficient (Wildman–Crippen LogP) is 3.94. The van der Waals surface area contributed by atoms with Gasteiger partial charge >= 0.3 is 0 Å². The zero-order valence-electron chi connectivity index (χ0n) is 18.8. The molecule has 32 heavy (non-hydrogen) atoms. The van der Waals surface area contributed by atoms with Crippen LogP contribution in [0.4, 0.5) is 0 Å². The van der Waals surface area contributed by atoms with Crippen molar-refractivity contribution in [2.75, 3.05) is 27.4 Å². The van der Waals surface area contributed by atoms with Crippen molar-refractivity contribution in [3.05, 3.63) is 65.2 Å². The van der Waals surface area contributed by atoms with E-state index in [0.717, 1.165) is 0 Å². The largest absolute Gasteiger partial charge is 0.507 e. The van der Waals surface area contributed by atoms with E-state index in [2.05, 4.69) is 0 Å². The van der Waals surface area contributed by atoms with Gasteiger partial charge in [-0.25, -0.2) is 0 Å². The number of carbonyl (C=O) groups is 2. The lowest BCUT2D eigenvalue weighted by atomic mass is 9.94. The Kier molecular flexibility index (Phi) is 7.53. The quantitative estimate of drug-likeness (QED) is 0.276. The number of ether oxygens (including phenoxy) is 3. The van der Waals surface area contributed by atoms with Crippen LogP contribution in [0.5, 0.6) is 11.5 Å². The third-order valence-electron chi connectivity index (χ3n) is 5.31. The van der Waals surface area contributed by atoms with Gasteiger partial charge in [-0.05, 0) is 38.5 Å². The molecule has 3 rings (SSSR count). The van der Waals surface area contributed by atoms with Gasteiger partial charge in [0.05, 0.1) is 31.9 Å². The monoisotopic (exact) mass is 439 g/mol. The molecule has 0 unspecified atom stereocenters. The first-order chi connectivity index (χ1) is 15.4. The molecule has 0 bridgehead atoms. The minimum Gasteiger partial charge on any atom is -0.507 e. The maximum atomic E-state index is 13.1. The third-order valence-corrected chi connectivity index (χ3v) is 5.31. The van der Waals surface area contributed by atoms with Crippen molar-refractivity contribution in [1.29, 1.82) is 0 Å². The summed E-state index contributed by atoms with van der Waals surface area (Å²) >= 11 is 0. The highest BCUT2D eigenvalue weighted by Crippen LogP contribution is 2.43. The highest BCUT2D eigenvalue weighted by molar-refractivity contribution is 6.46. The molecular formula is C25H29NO6. The topological polar surface area (TPSA) is 85.3 Å². The SMILES string of the molecule is COc1ccc(OC)c([C@H]2C(=C(O)c3ccccc3)C(=O)C(=O)N2CCCOC(C)C)c1. The number of benzene rings is 2. The molecule has 1 atom stereocenters. The fraction of sp³-hybridized carbons (Fsp3) is 0.360. The number of hydrogen-bond acceptors (Lipinski definition) is 6. The van der Waals surface area contributed by atoms with Crippen molar-refractivity contribution in [2.45, 2.75) is 32.4 Å². The van der Waals surface area contributed by atoms with Crippen molar-refractivity contribution in [3.8, 4) is 11.5 Å². The molecule has 0 radical (unpaired) electrons. The molecule has 0 saturated carbocycles. The van der Waals surface area contributed by atoms with E-state index in [9.17, 15) is 14.7 Å². The summed E-state index contributed by atoms with van der Waals surface area (Å²) in [5.41, 5.74) is 1.05. The summed E-state index contributed by atoms with van der Waals surface area (Å²) in [6, 6.07) is 13.1. The number of Topliss-reactive ketones (excluding diaryl/α,β-unsaturated/α-hetero) is 1. The molecule has 0 aromatic heterocycles. The van der Waals surface area contributed by atoms with Crippen molar-refractivity contribution < 1.29 is 28.9 Å². The standard InChI is InChI=1S/C25H29NO6/c1-16(2)32-14-8-13-26-22(19-15-18(30-3)11-12-20(19)31-4)21(24(28)25(26)29)23(27)17-9-6-5-7-10-17/h5-7,9-12,15-16,22,27H,8,13-14H2,1-4H3/t22-/m0/s1. The van der Waals surface area contributed by atoms with Gasteiger partial charge in [-0.15, -0.1) is 0 Å². The summed E-state index contributed by atoms with van der Waals surface area (Å²) in [5.74, 6) is -0.581. The van der Waals surface area contributed by atoms with Crippen LogP contribution in [-0.4, -0.2) is 55.2 Å². The van der Waals surface area contributed by atoms with Gasteiger partial charge in [0.15, 0.2) is 0 Å². The van der Waals surface area contributed by atoms with Gasteiger partial charge in [0.2, 0.25) is 0 Å². The smallest absolute Gasteiger partial charge is 0.295 e. The van der Waals surface area contributed by atoms with Gasteiger partial charge in [0.1, 0.15) is 17.3 Å². The Bertz CT molecular complexity index is 999. The van der Waals surface area contributed by atoms with E-state index in [0.29, 0.717) is 35.7 Å². The van der Waals surface area contributed by atoms with Crippen LogP contribution in [0.2, 0.25) is 0 Å². The number of aliphatic hydroxyl groups excluding tert-OH is 1. The van der Waals surface area contributed by atoms with E-state index in [1.165, 1.54) is 19.1 Å². The van der Waals surface area contributed by atoms with Gasteiger partial charge in [-0.3, -0.25) is 9.59 Å². The molecule has 1 aliphatic rings.